The van der Waals surface area contributed by atoms with Crippen LogP contribution < -0.4 is 34.5 Å². The fourth-order valence-electron chi connectivity index (χ4n) is 5.45. The molecule has 2 unspecified atom stereocenters. The van der Waals surface area contributed by atoms with E-state index in [1.54, 1.807) is 12.2 Å². The maximum absolute atomic E-state index is 13.5. The number of benzene rings is 4. The number of rotatable bonds is 4. The predicted octanol–water partition coefficient (Wildman–Crippen LogP) is 4.82. The first-order chi connectivity index (χ1) is 17.9. The summed E-state index contributed by atoms with van der Waals surface area (Å²) in [7, 11) is -4.83. The number of fused-ring (bicyclic) bond motifs is 4. The molecule has 0 heterocycles. The molecular formula is C32H26NaO4P. The average molecular weight is 529 g/mol. The fraction of sp³-hybridized carbons (Fsp3) is 0.125. The van der Waals surface area contributed by atoms with E-state index in [0.717, 1.165) is 44.5 Å². The SMILES string of the molecule is CC1c2ccccc2C=C(OP(=O)([O-])OC2=Cc3ccccc3C(C)c3ccccc32)c2ccccc21.[Na+]. The Bertz CT molecular complexity index is 1510. The van der Waals surface area contributed by atoms with Crippen molar-refractivity contribution in [3.63, 3.8) is 0 Å². The first-order valence-corrected chi connectivity index (χ1v) is 13.9. The zero-order valence-corrected chi connectivity index (χ0v) is 24.5. The van der Waals surface area contributed by atoms with Crippen molar-refractivity contribution in [2.75, 3.05) is 0 Å². The largest absolute Gasteiger partial charge is 1.00 e. The van der Waals surface area contributed by atoms with Crippen LogP contribution in [0.2, 0.25) is 0 Å². The molecule has 2 atom stereocenters. The summed E-state index contributed by atoms with van der Waals surface area (Å²) in [6.07, 6.45) is 3.58. The monoisotopic (exact) mass is 528 g/mol. The van der Waals surface area contributed by atoms with Crippen molar-refractivity contribution in [3.8, 4) is 0 Å². The van der Waals surface area contributed by atoms with Gasteiger partial charge in [-0.15, -0.1) is 0 Å². The van der Waals surface area contributed by atoms with Crippen molar-refractivity contribution in [1.82, 2.24) is 0 Å². The third-order valence-electron chi connectivity index (χ3n) is 7.30. The average Bonchev–Trinajstić information content (AvgIpc) is 3.10. The van der Waals surface area contributed by atoms with E-state index in [0.29, 0.717) is 0 Å². The first-order valence-electron chi connectivity index (χ1n) is 12.4. The van der Waals surface area contributed by atoms with Crippen LogP contribution in [0.3, 0.4) is 0 Å². The maximum Gasteiger partial charge on any atom is 1.00 e. The predicted molar refractivity (Wildman–Crippen MR) is 146 cm³/mol. The summed E-state index contributed by atoms with van der Waals surface area (Å²) in [5.41, 5.74) is 7.54. The van der Waals surface area contributed by atoms with Gasteiger partial charge in [-0.25, -0.2) is 4.57 Å². The Morgan fingerprint density at radius 1 is 0.579 bits per heavy atom. The van der Waals surface area contributed by atoms with Gasteiger partial charge in [-0.1, -0.05) is 111 Å². The molecule has 0 aromatic heterocycles. The Morgan fingerprint density at radius 3 is 1.34 bits per heavy atom. The second-order valence-corrected chi connectivity index (χ2v) is 10.8. The van der Waals surface area contributed by atoms with Crippen LogP contribution in [0.15, 0.2) is 97.1 Å². The van der Waals surface area contributed by atoms with E-state index < -0.39 is 7.82 Å². The Balaban J connectivity index is 0.00000294. The molecule has 0 saturated heterocycles. The molecule has 4 nitrogen and oxygen atoms in total. The molecule has 2 aliphatic carbocycles. The molecule has 6 rings (SSSR count). The summed E-state index contributed by atoms with van der Waals surface area (Å²) in [6, 6.07) is 31.4. The Hall–Kier alpha value is -2.85. The smallest absolute Gasteiger partial charge is 0.736 e. The number of phosphoric acid groups is 1. The van der Waals surface area contributed by atoms with Gasteiger partial charge in [0.15, 0.2) is 0 Å². The normalized spacial score (nSPS) is 18.8. The molecule has 0 saturated carbocycles. The van der Waals surface area contributed by atoms with Gasteiger partial charge in [-0.3, -0.25) is 0 Å². The van der Waals surface area contributed by atoms with E-state index in [1.807, 2.05) is 84.9 Å². The molecule has 184 valence electrons. The third kappa shape index (κ3) is 4.96. The Morgan fingerprint density at radius 2 is 0.921 bits per heavy atom. The van der Waals surface area contributed by atoms with Crippen molar-refractivity contribution in [2.24, 2.45) is 0 Å². The summed E-state index contributed by atoms with van der Waals surface area (Å²) in [6.45, 7) is 4.24. The standard InChI is InChI=1S/C32H27O4P.Na/c1-21-25-13-5-3-11-23(25)19-31(29-17-9-7-15-27(21)29)35-37(33,34)36-32-20-24-12-4-6-14-26(24)22(2)28-16-8-10-18-30(28)32;/h3-22H,1-2H3,(H,33,34);/q;+1/p-1. The van der Waals surface area contributed by atoms with Crippen LogP contribution >= 0.6 is 7.82 Å². The van der Waals surface area contributed by atoms with E-state index in [1.165, 1.54) is 0 Å². The fourth-order valence-corrected chi connectivity index (χ4v) is 6.28. The van der Waals surface area contributed by atoms with Crippen molar-refractivity contribution < 1.29 is 48.1 Å². The summed E-state index contributed by atoms with van der Waals surface area (Å²) >= 11 is 0. The van der Waals surface area contributed by atoms with Crippen LogP contribution in [-0.2, 0) is 13.6 Å². The minimum absolute atomic E-state index is 0. The van der Waals surface area contributed by atoms with Crippen molar-refractivity contribution in [2.45, 2.75) is 25.7 Å². The van der Waals surface area contributed by atoms with Gasteiger partial charge in [0.25, 0.3) is 0 Å². The zero-order chi connectivity index (χ0) is 25.6. The molecule has 0 fully saturated rings. The van der Waals surface area contributed by atoms with Crippen LogP contribution in [0, 0.1) is 0 Å². The van der Waals surface area contributed by atoms with Crippen molar-refractivity contribution in [1.29, 1.82) is 0 Å². The Kier molecular flexibility index (Phi) is 7.55. The topological polar surface area (TPSA) is 58.6 Å². The molecule has 0 aliphatic heterocycles. The van der Waals surface area contributed by atoms with Crippen molar-refractivity contribution in [3.05, 3.63) is 142 Å². The molecule has 4 aromatic carbocycles. The van der Waals surface area contributed by atoms with E-state index in [-0.39, 0.29) is 52.9 Å². The quantitative estimate of drug-likeness (QED) is 0.282. The Labute approximate surface area is 245 Å². The van der Waals surface area contributed by atoms with Crippen LogP contribution in [0.5, 0.6) is 0 Å². The third-order valence-corrected chi connectivity index (χ3v) is 8.14. The first kappa shape index (κ1) is 26.7. The number of hydrogen-bond acceptors (Lipinski definition) is 4. The van der Waals surface area contributed by atoms with E-state index in [9.17, 15) is 9.46 Å². The van der Waals surface area contributed by atoms with E-state index >= 15 is 0 Å². The number of hydrogen-bond donors (Lipinski definition) is 0. The molecule has 0 bridgehead atoms. The minimum atomic E-state index is -4.83. The van der Waals surface area contributed by atoms with Crippen LogP contribution in [0.4, 0.5) is 0 Å². The molecule has 4 aromatic rings. The zero-order valence-electron chi connectivity index (χ0n) is 21.6. The summed E-state index contributed by atoms with van der Waals surface area (Å²) in [4.78, 5) is 13.5. The summed E-state index contributed by atoms with van der Waals surface area (Å²) < 4.78 is 25.0. The van der Waals surface area contributed by atoms with Gasteiger partial charge in [-0.05, 0) is 45.5 Å². The molecule has 0 amide bonds. The second kappa shape index (κ2) is 10.7. The van der Waals surface area contributed by atoms with Crippen LogP contribution in [0.25, 0.3) is 23.7 Å². The van der Waals surface area contributed by atoms with Crippen LogP contribution in [-0.4, -0.2) is 0 Å². The molecule has 0 spiro atoms. The van der Waals surface area contributed by atoms with Gasteiger partial charge < -0.3 is 13.9 Å². The van der Waals surface area contributed by atoms with Gasteiger partial charge in [-0.2, -0.15) is 0 Å². The minimum Gasteiger partial charge on any atom is -0.736 e. The summed E-state index contributed by atoms with van der Waals surface area (Å²) in [5, 5.41) is 0. The number of phosphoric ester groups is 1. The van der Waals surface area contributed by atoms with E-state index in [2.05, 4.69) is 26.0 Å². The summed E-state index contributed by atoms with van der Waals surface area (Å²) in [5.74, 6) is 0.654. The van der Waals surface area contributed by atoms with Gasteiger partial charge >= 0.3 is 37.4 Å². The molecule has 0 radical (unpaired) electrons. The molecule has 38 heavy (non-hydrogen) atoms. The molecule has 0 N–H and O–H groups in total. The van der Waals surface area contributed by atoms with Gasteiger partial charge in [0.2, 0.25) is 0 Å². The van der Waals surface area contributed by atoms with Crippen molar-refractivity contribution >= 4 is 31.5 Å². The van der Waals surface area contributed by atoms with Gasteiger partial charge in [0.1, 0.15) is 11.5 Å². The van der Waals surface area contributed by atoms with Gasteiger partial charge in [0.05, 0.1) is 0 Å². The van der Waals surface area contributed by atoms with E-state index in [4.69, 9.17) is 9.05 Å². The van der Waals surface area contributed by atoms with Crippen LogP contribution in [0.1, 0.15) is 70.2 Å². The van der Waals surface area contributed by atoms with Gasteiger partial charge in [0, 0.05) is 23.0 Å². The molecular weight excluding hydrogens is 502 g/mol. The second-order valence-electron chi connectivity index (χ2n) is 9.52. The molecule has 6 heteroatoms. The molecule has 2 aliphatic rings. The maximum atomic E-state index is 13.5.